The van der Waals surface area contributed by atoms with Crippen LogP contribution >= 0.6 is 15.9 Å². The second-order valence-corrected chi connectivity index (χ2v) is 5.13. The fraction of sp³-hybridized carbons (Fsp3) is 0.571. The molecule has 0 saturated carbocycles. The minimum atomic E-state index is -0.851. The molecule has 0 spiro atoms. The van der Waals surface area contributed by atoms with Gasteiger partial charge in [-0.25, -0.2) is 4.39 Å². The van der Waals surface area contributed by atoms with Crippen molar-refractivity contribution in [3.05, 3.63) is 28.7 Å². The average Bonchev–Trinajstić information content (AvgIpc) is 2.34. The third-order valence-electron chi connectivity index (χ3n) is 2.62. The number of ether oxygens (including phenoxy) is 1. The molecule has 1 atom stereocenters. The molecule has 0 saturated heterocycles. The monoisotopic (exact) mass is 302 g/mol. The van der Waals surface area contributed by atoms with Gasteiger partial charge < -0.3 is 4.74 Å². The molecule has 0 fully saturated rings. The summed E-state index contributed by atoms with van der Waals surface area (Å²) in [6.45, 7) is 2.32. The van der Waals surface area contributed by atoms with Crippen molar-refractivity contribution < 1.29 is 9.13 Å². The second kappa shape index (κ2) is 8.51. The van der Waals surface area contributed by atoms with E-state index in [2.05, 4.69) is 22.9 Å². The van der Waals surface area contributed by atoms with E-state index in [9.17, 15) is 4.39 Å². The van der Waals surface area contributed by atoms with Crippen molar-refractivity contribution >= 4 is 15.9 Å². The molecule has 0 amide bonds. The zero-order chi connectivity index (χ0) is 12.5. The third-order valence-corrected chi connectivity index (χ3v) is 3.14. The second-order valence-electron chi connectivity index (χ2n) is 4.21. The highest BCUT2D eigenvalue weighted by molar-refractivity contribution is 9.10. The van der Waals surface area contributed by atoms with Gasteiger partial charge in [-0.3, -0.25) is 0 Å². The van der Waals surface area contributed by atoms with Crippen LogP contribution in [0.5, 0.6) is 5.75 Å². The van der Waals surface area contributed by atoms with Crippen LogP contribution in [0.2, 0.25) is 0 Å². The first-order chi connectivity index (χ1) is 8.22. The normalized spacial score (nSPS) is 12.4. The summed E-state index contributed by atoms with van der Waals surface area (Å²) in [6.07, 6.45) is 4.22. The molecule has 0 bridgehead atoms. The van der Waals surface area contributed by atoms with Gasteiger partial charge in [0.15, 0.2) is 0 Å². The van der Waals surface area contributed by atoms with Crippen LogP contribution in [0, 0.1) is 0 Å². The summed E-state index contributed by atoms with van der Waals surface area (Å²) in [5.74, 6) is 0.726. The van der Waals surface area contributed by atoms with Gasteiger partial charge in [0, 0.05) is 4.47 Å². The van der Waals surface area contributed by atoms with E-state index in [1.165, 1.54) is 12.8 Å². The molecule has 0 aliphatic rings. The first-order valence-corrected chi connectivity index (χ1v) is 7.04. The molecule has 1 rings (SSSR count). The molecule has 0 heterocycles. The third kappa shape index (κ3) is 6.67. The number of alkyl halides is 1. The highest BCUT2D eigenvalue weighted by Crippen LogP contribution is 2.17. The van der Waals surface area contributed by atoms with E-state index in [-0.39, 0.29) is 6.61 Å². The van der Waals surface area contributed by atoms with Gasteiger partial charge in [0.25, 0.3) is 0 Å². The Balaban J connectivity index is 2.14. The van der Waals surface area contributed by atoms with Gasteiger partial charge in [0.05, 0.1) is 0 Å². The van der Waals surface area contributed by atoms with Crippen molar-refractivity contribution in [3.8, 4) is 5.75 Å². The summed E-state index contributed by atoms with van der Waals surface area (Å²) in [5, 5.41) is 0. The molecule has 0 N–H and O–H groups in total. The van der Waals surface area contributed by atoms with Crippen LogP contribution < -0.4 is 4.74 Å². The minimum absolute atomic E-state index is 0.160. The SMILES string of the molecule is CCCCCCC(F)COc1ccc(Br)cc1. The van der Waals surface area contributed by atoms with Gasteiger partial charge in [0.1, 0.15) is 18.5 Å². The Labute approximate surface area is 111 Å². The van der Waals surface area contributed by atoms with E-state index in [1.807, 2.05) is 24.3 Å². The lowest BCUT2D eigenvalue weighted by molar-refractivity contribution is 0.184. The first-order valence-electron chi connectivity index (χ1n) is 6.24. The molecule has 0 aromatic heterocycles. The van der Waals surface area contributed by atoms with E-state index >= 15 is 0 Å². The number of benzene rings is 1. The van der Waals surface area contributed by atoms with Gasteiger partial charge in [-0.1, -0.05) is 48.5 Å². The zero-order valence-corrected chi connectivity index (χ0v) is 11.9. The van der Waals surface area contributed by atoms with Crippen molar-refractivity contribution in [1.82, 2.24) is 0 Å². The molecule has 1 aromatic rings. The number of hydrogen-bond acceptors (Lipinski definition) is 1. The Hall–Kier alpha value is -0.570. The average molecular weight is 303 g/mol. The number of hydrogen-bond donors (Lipinski definition) is 0. The van der Waals surface area contributed by atoms with Crippen molar-refractivity contribution in [2.45, 2.75) is 45.2 Å². The van der Waals surface area contributed by atoms with Crippen LogP contribution in [-0.2, 0) is 0 Å². The quantitative estimate of drug-likeness (QED) is 0.604. The topological polar surface area (TPSA) is 9.23 Å². The molecular formula is C14H20BrFO. The maximum absolute atomic E-state index is 13.5. The maximum Gasteiger partial charge on any atom is 0.134 e. The van der Waals surface area contributed by atoms with Gasteiger partial charge in [0.2, 0.25) is 0 Å². The highest BCUT2D eigenvalue weighted by Gasteiger charge is 2.07. The smallest absolute Gasteiger partial charge is 0.134 e. The van der Waals surface area contributed by atoms with E-state index in [0.29, 0.717) is 6.42 Å². The summed E-state index contributed by atoms with van der Waals surface area (Å²) in [5.41, 5.74) is 0. The van der Waals surface area contributed by atoms with Crippen LogP contribution in [0.25, 0.3) is 0 Å². The number of unbranched alkanes of at least 4 members (excludes halogenated alkanes) is 3. The van der Waals surface area contributed by atoms with Crippen molar-refractivity contribution in [2.75, 3.05) is 6.61 Å². The Morgan fingerprint density at radius 1 is 1.18 bits per heavy atom. The number of rotatable bonds is 8. The Morgan fingerprint density at radius 2 is 1.88 bits per heavy atom. The van der Waals surface area contributed by atoms with Crippen LogP contribution in [0.15, 0.2) is 28.7 Å². The van der Waals surface area contributed by atoms with E-state index in [1.54, 1.807) is 0 Å². The maximum atomic E-state index is 13.5. The summed E-state index contributed by atoms with van der Waals surface area (Å²) in [7, 11) is 0. The van der Waals surface area contributed by atoms with E-state index < -0.39 is 6.17 Å². The molecule has 1 aromatic carbocycles. The lowest BCUT2D eigenvalue weighted by Gasteiger charge is -2.10. The van der Waals surface area contributed by atoms with Crippen LogP contribution in [0.1, 0.15) is 39.0 Å². The molecule has 1 nitrogen and oxygen atoms in total. The van der Waals surface area contributed by atoms with Gasteiger partial charge in [-0.05, 0) is 30.7 Å². The standard InChI is InChI=1S/C14H20BrFO/c1-2-3-4-5-6-13(16)11-17-14-9-7-12(15)8-10-14/h7-10,13H,2-6,11H2,1H3. The van der Waals surface area contributed by atoms with E-state index in [0.717, 1.165) is 23.1 Å². The van der Waals surface area contributed by atoms with Gasteiger partial charge >= 0.3 is 0 Å². The molecule has 0 aliphatic heterocycles. The molecule has 0 radical (unpaired) electrons. The molecule has 0 aliphatic carbocycles. The highest BCUT2D eigenvalue weighted by atomic mass is 79.9. The van der Waals surface area contributed by atoms with Crippen molar-refractivity contribution in [2.24, 2.45) is 0 Å². The Morgan fingerprint density at radius 3 is 2.53 bits per heavy atom. The van der Waals surface area contributed by atoms with Crippen LogP contribution in [-0.4, -0.2) is 12.8 Å². The molecule has 96 valence electrons. The predicted molar refractivity (Wildman–Crippen MR) is 73.3 cm³/mol. The molecule has 17 heavy (non-hydrogen) atoms. The molecule has 1 unspecified atom stereocenters. The summed E-state index contributed by atoms with van der Waals surface area (Å²) >= 11 is 3.34. The Bertz CT molecular complexity index is 300. The van der Waals surface area contributed by atoms with Gasteiger partial charge in [-0.2, -0.15) is 0 Å². The summed E-state index contributed by atoms with van der Waals surface area (Å²) in [4.78, 5) is 0. The van der Waals surface area contributed by atoms with Crippen LogP contribution in [0.3, 0.4) is 0 Å². The minimum Gasteiger partial charge on any atom is -0.491 e. The Kier molecular flexibility index (Phi) is 7.25. The molecular weight excluding hydrogens is 283 g/mol. The zero-order valence-electron chi connectivity index (χ0n) is 10.3. The number of halogens is 2. The summed E-state index contributed by atoms with van der Waals surface area (Å²) < 4.78 is 19.8. The van der Waals surface area contributed by atoms with Crippen LogP contribution in [0.4, 0.5) is 4.39 Å². The van der Waals surface area contributed by atoms with Crippen molar-refractivity contribution in [3.63, 3.8) is 0 Å². The fourth-order valence-electron chi connectivity index (χ4n) is 1.59. The summed E-state index contributed by atoms with van der Waals surface area (Å²) in [6, 6.07) is 7.47. The van der Waals surface area contributed by atoms with Gasteiger partial charge in [-0.15, -0.1) is 0 Å². The molecule has 3 heteroatoms. The fourth-order valence-corrected chi connectivity index (χ4v) is 1.86. The lowest BCUT2D eigenvalue weighted by Crippen LogP contribution is -2.12. The largest absolute Gasteiger partial charge is 0.491 e. The predicted octanol–water partition coefficient (Wildman–Crippen LogP) is 5.14. The first kappa shape index (κ1) is 14.5. The van der Waals surface area contributed by atoms with E-state index in [4.69, 9.17) is 4.74 Å². The lowest BCUT2D eigenvalue weighted by atomic mass is 10.1. The van der Waals surface area contributed by atoms with Crippen molar-refractivity contribution in [1.29, 1.82) is 0 Å².